The van der Waals surface area contributed by atoms with E-state index >= 15 is 0 Å². The zero-order valence-corrected chi connectivity index (χ0v) is 12.9. The Bertz CT molecular complexity index is 520. The van der Waals surface area contributed by atoms with E-state index in [4.69, 9.17) is 4.52 Å². The van der Waals surface area contributed by atoms with E-state index in [2.05, 4.69) is 5.16 Å². The van der Waals surface area contributed by atoms with Crippen LogP contribution < -0.4 is 0 Å². The number of carbonyl (C=O) groups is 1. The fourth-order valence-electron chi connectivity index (χ4n) is 3.99. The maximum atomic E-state index is 12.6. The molecule has 2 aliphatic rings. The number of hydrogen-bond acceptors (Lipinski definition) is 4. The molecule has 0 radical (unpaired) electrons. The van der Waals surface area contributed by atoms with Crippen LogP contribution in [-0.4, -0.2) is 40.3 Å². The Hall–Kier alpha value is -1.36. The average Bonchev–Trinajstić information content (AvgIpc) is 2.97. The highest BCUT2D eigenvalue weighted by molar-refractivity contribution is 5.79. The SMILES string of the molecule is Cc1noc(C)c1CC(=O)N1CCC[C@]2(CCC[C@H]2O)C1. The molecule has 1 aromatic rings. The van der Waals surface area contributed by atoms with Crippen molar-refractivity contribution in [3.63, 3.8) is 0 Å². The van der Waals surface area contributed by atoms with E-state index in [0.717, 1.165) is 55.7 Å². The van der Waals surface area contributed by atoms with Gasteiger partial charge in [-0.2, -0.15) is 0 Å². The molecule has 1 N–H and O–H groups in total. The molecule has 116 valence electrons. The first-order chi connectivity index (χ1) is 10.0. The van der Waals surface area contributed by atoms with Crippen LogP contribution in [-0.2, 0) is 11.2 Å². The van der Waals surface area contributed by atoms with Crippen molar-refractivity contribution in [1.82, 2.24) is 10.1 Å². The van der Waals surface area contributed by atoms with Crippen LogP contribution in [0.2, 0.25) is 0 Å². The predicted molar refractivity (Wildman–Crippen MR) is 77.8 cm³/mol. The Labute approximate surface area is 125 Å². The quantitative estimate of drug-likeness (QED) is 0.905. The van der Waals surface area contributed by atoms with Crippen molar-refractivity contribution < 1.29 is 14.4 Å². The topological polar surface area (TPSA) is 66.6 Å². The molecule has 0 aromatic carbocycles. The van der Waals surface area contributed by atoms with E-state index in [1.807, 2.05) is 18.7 Å². The standard InChI is InChI=1S/C16H24N2O3/c1-11-13(12(2)21-17-11)9-15(20)18-8-4-7-16(10-18)6-3-5-14(16)19/h14,19H,3-10H2,1-2H3/t14-,16-/m1/s1. The molecule has 1 amide bonds. The Morgan fingerprint density at radius 3 is 2.81 bits per heavy atom. The number of aliphatic hydroxyl groups excluding tert-OH is 1. The van der Waals surface area contributed by atoms with Crippen molar-refractivity contribution in [3.8, 4) is 0 Å². The Morgan fingerprint density at radius 1 is 1.43 bits per heavy atom. The van der Waals surface area contributed by atoms with Gasteiger partial charge in [-0.3, -0.25) is 4.79 Å². The van der Waals surface area contributed by atoms with Crippen LogP contribution in [0.5, 0.6) is 0 Å². The van der Waals surface area contributed by atoms with Crippen LogP contribution in [0.15, 0.2) is 4.52 Å². The van der Waals surface area contributed by atoms with Gasteiger partial charge in [-0.25, -0.2) is 0 Å². The summed E-state index contributed by atoms with van der Waals surface area (Å²) in [5, 5.41) is 14.2. The second-order valence-corrected chi connectivity index (χ2v) is 6.67. The largest absolute Gasteiger partial charge is 0.392 e. The fourth-order valence-corrected chi connectivity index (χ4v) is 3.99. The summed E-state index contributed by atoms with van der Waals surface area (Å²) in [6, 6.07) is 0. The average molecular weight is 292 g/mol. The molecule has 2 atom stereocenters. The molecule has 1 saturated heterocycles. The monoisotopic (exact) mass is 292 g/mol. The summed E-state index contributed by atoms with van der Waals surface area (Å²) in [7, 11) is 0. The first-order valence-electron chi connectivity index (χ1n) is 7.89. The summed E-state index contributed by atoms with van der Waals surface area (Å²) in [5.41, 5.74) is 1.66. The molecule has 5 heteroatoms. The molecule has 3 rings (SSSR count). The minimum Gasteiger partial charge on any atom is -0.392 e. The molecule has 1 aromatic heterocycles. The van der Waals surface area contributed by atoms with Crippen LogP contribution >= 0.6 is 0 Å². The van der Waals surface area contributed by atoms with Gasteiger partial charge in [-0.15, -0.1) is 0 Å². The zero-order valence-electron chi connectivity index (χ0n) is 12.9. The summed E-state index contributed by atoms with van der Waals surface area (Å²) < 4.78 is 5.13. The fraction of sp³-hybridized carbons (Fsp3) is 0.750. The molecular weight excluding hydrogens is 268 g/mol. The first-order valence-corrected chi connectivity index (χ1v) is 7.89. The highest BCUT2D eigenvalue weighted by Gasteiger charge is 2.45. The second-order valence-electron chi connectivity index (χ2n) is 6.67. The van der Waals surface area contributed by atoms with Gasteiger partial charge in [0.05, 0.1) is 18.2 Å². The van der Waals surface area contributed by atoms with Crippen LogP contribution in [0.1, 0.15) is 49.1 Å². The van der Waals surface area contributed by atoms with Gasteiger partial charge < -0.3 is 14.5 Å². The van der Waals surface area contributed by atoms with Crippen molar-refractivity contribution in [1.29, 1.82) is 0 Å². The Morgan fingerprint density at radius 2 is 2.19 bits per heavy atom. The van der Waals surface area contributed by atoms with Crippen molar-refractivity contribution in [2.24, 2.45) is 5.41 Å². The van der Waals surface area contributed by atoms with Gasteiger partial charge in [0.1, 0.15) is 5.76 Å². The second kappa shape index (κ2) is 5.44. The molecule has 0 unspecified atom stereocenters. The van der Waals surface area contributed by atoms with Crippen LogP contribution in [0.4, 0.5) is 0 Å². The van der Waals surface area contributed by atoms with Gasteiger partial charge in [-0.05, 0) is 39.5 Å². The third kappa shape index (κ3) is 2.59. The Kier molecular flexibility index (Phi) is 3.78. The maximum Gasteiger partial charge on any atom is 0.227 e. The van der Waals surface area contributed by atoms with Gasteiger partial charge in [0.25, 0.3) is 0 Å². The van der Waals surface area contributed by atoms with Crippen molar-refractivity contribution in [3.05, 3.63) is 17.0 Å². The number of piperidine rings is 1. The van der Waals surface area contributed by atoms with E-state index in [0.29, 0.717) is 13.0 Å². The lowest BCUT2D eigenvalue weighted by molar-refractivity contribution is -0.135. The van der Waals surface area contributed by atoms with Gasteiger partial charge in [-0.1, -0.05) is 11.6 Å². The van der Waals surface area contributed by atoms with Crippen molar-refractivity contribution in [2.45, 2.75) is 58.5 Å². The molecule has 21 heavy (non-hydrogen) atoms. The summed E-state index contributed by atoms with van der Waals surface area (Å²) >= 11 is 0. The van der Waals surface area contributed by atoms with Crippen LogP contribution in [0.3, 0.4) is 0 Å². The lowest BCUT2D eigenvalue weighted by Crippen LogP contribution is -2.49. The summed E-state index contributed by atoms with van der Waals surface area (Å²) in [6.07, 6.45) is 5.15. The van der Waals surface area contributed by atoms with E-state index in [-0.39, 0.29) is 17.4 Å². The molecule has 5 nitrogen and oxygen atoms in total. The highest BCUT2D eigenvalue weighted by atomic mass is 16.5. The van der Waals surface area contributed by atoms with Crippen LogP contribution in [0.25, 0.3) is 0 Å². The molecule has 1 aliphatic carbocycles. The number of aliphatic hydroxyl groups is 1. The molecule has 2 fully saturated rings. The number of carbonyl (C=O) groups excluding carboxylic acids is 1. The third-order valence-corrected chi connectivity index (χ3v) is 5.33. The first kappa shape index (κ1) is 14.6. The summed E-state index contributed by atoms with van der Waals surface area (Å²) in [6.45, 7) is 5.23. The summed E-state index contributed by atoms with van der Waals surface area (Å²) in [4.78, 5) is 14.5. The van der Waals surface area contributed by atoms with Gasteiger partial charge in [0.2, 0.25) is 5.91 Å². The number of hydrogen-bond donors (Lipinski definition) is 1. The number of nitrogens with zero attached hydrogens (tertiary/aromatic N) is 2. The minimum absolute atomic E-state index is 0.0490. The van der Waals surface area contributed by atoms with Gasteiger partial charge in [0.15, 0.2) is 0 Å². The maximum absolute atomic E-state index is 12.6. The highest BCUT2D eigenvalue weighted by Crippen LogP contribution is 2.45. The van der Waals surface area contributed by atoms with E-state index < -0.39 is 0 Å². The molecule has 0 bridgehead atoms. The minimum atomic E-state index is -0.243. The summed E-state index contributed by atoms with van der Waals surface area (Å²) in [5.74, 6) is 0.857. The number of amides is 1. The van der Waals surface area contributed by atoms with E-state index in [1.54, 1.807) is 0 Å². The molecular formula is C16H24N2O3. The predicted octanol–water partition coefficient (Wildman–Crippen LogP) is 1.99. The number of aryl methyl sites for hydroxylation is 2. The number of aromatic nitrogens is 1. The van der Waals surface area contributed by atoms with E-state index in [1.165, 1.54) is 0 Å². The molecule has 1 saturated carbocycles. The molecule has 2 heterocycles. The van der Waals surface area contributed by atoms with Crippen LogP contribution in [0, 0.1) is 19.3 Å². The third-order valence-electron chi connectivity index (χ3n) is 5.33. The smallest absolute Gasteiger partial charge is 0.227 e. The van der Waals surface area contributed by atoms with Gasteiger partial charge in [0, 0.05) is 24.1 Å². The van der Waals surface area contributed by atoms with Crippen molar-refractivity contribution >= 4 is 5.91 Å². The number of rotatable bonds is 2. The molecule has 1 aliphatic heterocycles. The normalized spacial score (nSPS) is 29.3. The molecule has 1 spiro atoms. The van der Waals surface area contributed by atoms with E-state index in [9.17, 15) is 9.90 Å². The van der Waals surface area contributed by atoms with Gasteiger partial charge >= 0.3 is 0 Å². The van der Waals surface area contributed by atoms with Crippen molar-refractivity contribution in [2.75, 3.05) is 13.1 Å². The lowest BCUT2D eigenvalue weighted by Gasteiger charge is -2.42. The Balaban J connectivity index is 1.70. The zero-order chi connectivity index (χ0) is 15.0. The number of likely N-dealkylation sites (tertiary alicyclic amines) is 1. The lowest BCUT2D eigenvalue weighted by atomic mass is 9.76.